The molecule has 1 saturated carbocycles. The molecule has 0 heterocycles. The van der Waals surface area contributed by atoms with E-state index < -0.39 is 0 Å². The average Bonchev–Trinajstić information content (AvgIpc) is 2.51. The molecule has 14 heavy (non-hydrogen) atoms. The SMILES string of the molecule is Cc1ccc(C2CCC(O)C2)c(C)c1. The Balaban J connectivity index is 2.24. The second-order valence-corrected chi connectivity index (χ2v) is 4.52. The lowest BCUT2D eigenvalue weighted by Gasteiger charge is -2.13. The molecule has 1 nitrogen and oxygen atoms in total. The quantitative estimate of drug-likeness (QED) is 0.722. The largest absolute Gasteiger partial charge is 0.393 e. The van der Waals surface area contributed by atoms with E-state index in [2.05, 4.69) is 32.0 Å². The highest BCUT2D eigenvalue weighted by Gasteiger charge is 2.24. The summed E-state index contributed by atoms with van der Waals surface area (Å²) in [6.45, 7) is 4.30. The maximum atomic E-state index is 9.51. The van der Waals surface area contributed by atoms with Crippen LogP contribution in [0.4, 0.5) is 0 Å². The molecule has 0 spiro atoms. The minimum atomic E-state index is -0.0688. The Morgan fingerprint density at radius 3 is 2.57 bits per heavy atom. The third-order valence-corrected chi connectivity index (χ3v) is 3.27. The monoisotopic (exact) mass is 190 g/mol. The van der Waals surface area contributed by atoms with Gasteiger partial charge in [0.15, 0.2) is 0 Å². The summed E-state index contributed by atoms with van der Waals surface area (Å²) in [4.78, 5) is 0. The third-order valence-electron chi connectivity index (χ3n) is 3.27. The van der Waals surface area contributed by atoms with E-state index in [0.717, 1.165) is 19.3 Å². The zero-order valence-corrected chi connectivity index (χ0v) is 8.96. The van der Waals surface area contributed by atoms with Gasteiger partial charge in [-0.3, -0.25) is 0 Å². The van der Waals surface area contributed by atoms with Crippen LogP contribution in [-0.2, 0) is 0 Å². The summed E-state index contributed by atoms with van der Waals surface area (Å²) in [6, 6.07) is 6.64. The van der Waals surface area contributed by atoms with E-state index in [1.807, 2.05) is 0 Å². The van der Waals surface area contributed by atoms with Crippen LogP contribution in [0.15, 0.2) is 18.2 Å². The van der Waals surface area contributed by atoms with Gasteiger partial charge in [0.05, 0.1) is 6.10 Å². The number of aryl methyl sites for hydroxylation is 2. The van der Waals surface area contributed by atoms with Crippen molar-refractivity contribution < 1.29 is 5.11 Å². The molecular formula is C13H18O. The number of hydrogen-bond acceptors (Lipinski definition) is 1. The van der Waals surface area contributed by atoms with Gasteiger partial charge in [0.2, 0.25) is 0 Å². The smallest absolute Gasteiger partial charge is 0.0546 e. The van der Waals surface area contributed by atoms with Gasteiger partial charge in [0.25, 0.3) is 0 Å². The van der Waals surface area contributed by atoms with Gasteiger partial charge >= 0.3 is 0 Å². The maximum absolute atomic E-state index is 9.51. The fourth-order valence-electron chi connectivity index (χ4n) is 2.52. The molecule has 0 bridgehead atoms. The van der Waals surface area contributed by atoms with E-state index in [0.29, 0.717) is 5.92 Å². The van der Waals surface area contributed by atoms with Crippen LogP contribution in [0.2, 0.25) is 0 Å². The second-order valence-electron chi connectivity index (χ2n) is 4.52. The molecule has 1 fully saturated rings. The van der Waals surface area contributed by atoms with E-state index in [4.69, 9.17) is 0 Å². The fourth-order valence-corrected chi connectivity index (χ4v) is 2.52. The highest BCUT2D eigenvalue weighted by atomic mass is 16.3. The molecular weight excluding hydrogens is 172 g/mol. The second kappa shape index (κ2) is 3.74. The molecule has 1 aromatic carbocycles. The van der Waals surface area contributed by atoms with Crippen LogP contribution in [0.3, 0.4) is 0 Å². The molecule has 1 aromatic rings. The highest BCUT2D eigenvalue weighted by molar-refractivity contribution is 5.33. The van der Waals surface area contributed by atoms with Gasteiger partial charge in [0, 0.05) is 0 Å². The zero-order chi connectivity index (χ0) is 10.1. The Morgan fingerprint density at radius 2 is 2.00 bits per heavy atom. The van der Waals surface area contributed by atoms with E-state index in [1.54, 1.807) is 0 Å². The van der Waals surface area contributed by atoms with Gasteiger partial charge < -0.3 is 5.11 Å². The van der Waals surface area contributed by atoms with E-state index in [-0.39, 0.29) is 6.10 Å². The number of benzene rings is 1. The van der Waals surface area contributed by atoms with Crippen molar-refractivity contribution in [2.45, 2.75) is 45.1 Å². The Kier molecular flexibility index (Phi) is 2.60. The number of rotatable bonds is 1. The minimum absolute atomic E-state index is 0.0688. The molecule has 0 saturated heterocycles. The fraction of sp³-hybridized carbons (Fsp3) is 0.538. The van der Waals surface area contributed by atoms with Gasteiger partial charge in [-0.2, -0.15) is 0 Å². The normalized spacial score (nSPS) is 26.8. The number of hydrogen-bond donors (Lipinski definition) is 1. The van der Waals surface area contributed by atoms with Gasteiger partial charge in [-0.1, -0.05) is 23.8 Å². The van der Waals surface area contributed by atoms with Crippen LogP contribution in [0.5, 0.6) is 0 Å². The first kappa shape index (κ1) is 9.72. The van der Waals surface area contributed by atoms with Crippen LogP contribution in [0.25, 0.3) is 0 Å². The van der Waals surface area contributed by atoms with Crippen molar-refractivity contribution in [3.8, 4) is 0 Å². The van der Waals surface area contributed by atoms with Crippen molar-refractivity contribution >= 4 is 0 Å². The van der Waals surface area contributed by atoms with Crippen LogP contribution in [-0.4, -0.2) is 11.2 Å². The number of aliphatic hydroxyl groups excluding tert-OH is 1. The Morgan fingerprint density at radius 1 is 1.21 bits per heavy atom. The topological polar surface area (TPSA) is 20.2 Å². The molecule has 2 atom stereocenters. The van der Waals surface area contributed by atoms with E-state index in [1.165, 1.54) is 16.7 Å². The predicted octanol–water partition coefficient (Wildman–Crippen LogP) is 2.93. The molecule has 2 rings (SSSR count). The first-order valence-corrected chi connectivity index (χ1v) is 5.42. The lowest BCUT2D eigenvalue weighted by molar-refractivity contribution is 0.181. The maximum Gasteiger partial charge on any atom is 0.0546 e. The molecule has 1 aliphatic carbocycles. The summed E-state index contributed by atoms with van der Waals surface area (Å²) in [5, 5.41) is 9.51. The molecule has 0 aromatic heterocycles. The van der Waals surface area contributed by atoms with Gasteiger partial charge in [-0.15, -0.1) is 0 Å². The highest BCUT2D eigenvalue weighted by Crippen LogP contribution is 2.35. The molecule has 1 aliphatic rings. The molecule has 76 valence electrons. The van der Waals surface area contributed by atoms with Gasteiger partial charge in [0.1, 0.15) is 0 Å². The van der Waals surface area contributed by atoms with Gasteiger partial charge in [-0.05, 0) is 50.2 Å². The number of aliphatic hydroxyl groups is 1. The van der Waals surface area contributed by atoms with Crippen LogP contribution in [0.1, 0.15) is 41.9 Å². The molecule has 1 N–H and O–H groups in total. The van der Waals surface area contributed by atoms with Crippen LogP contribution < -0.4 is 0 Å². The molecule has 0 aliphatic heterocycles. The van der Waals surface area contributed by atoms with Crippen molar-refractivity contribution in [2.75, 3.05) is 0 Å². The summed E-state index contributed by atoms with van der Waals surface area (Å²) in [5.74, 6) is 0.589. The summed E-state index contributed by atoms with van der Waals surface area (Å²) in [6.07, 6.45) is 2.99. The standard InChI is InChI=1S/C13H18O/c1-9-3-6-13(10(2)7-9)11-4-5-12(14)8-11/h3,6-7,11-12,14H,4-5,8H2,1-2H3. The van der Waals surface area contributed by atoms with Crippen molar-refractivity contribution in [2.24, 2.45) is 0 Å². The Hall–Kier alpha value is -0.820. The summed E-state index contributed by atoms with van der Waals surface area (Å²) in [5.41, 5.74) is 4.14. The summed E-state index contributed by atoms with van der Waals surface area (Å²) >= 11 is 0. The van der Waals surface area contributed by atoms with Crippen molar-refractivity contribution in [1.29, 1.82) is 0 Å². The van der Waals surface area contributed by atoms with E-state index in [9.17, 15) is 5.11 Å². The first-order valence-electron chi connectivity index (χ1n) is 5.42. The summed E-state index contributed by atoms with van der Waals surface area (Å²) < 4.78 is 0. The summed E-state index contributed by atoms with van der Waals surface area (Å²) in [7, 11) is 0. The van der Waals surface area contributed by atoms with Gasteiger partial charge in [-0.25, -0.2) is 0 Å². The minimum Gasteiger partial charge on any atom is -0.393 e. The van der Waals surface area contributed by atoms with Crippen LogP contribution >= 0.6 is 0 Å². The van der Waals surface area contributed by atoms with E-state index >= 15 is 0 Å². The predicted molar refractivity (Wildman–Crippen MR) is 58.5 cm³/mol. The van der Waals surface area contributed by atoms with Crippen molar-refractivity contribution in [3.05, 3.63) is 34.9 Å². The zero-order valence-electron chi connectivity index (χ0n) is 8.96. The Labute approximate surface area is 85.8 Å². The lowest BCUT2D eigenvalue weighted by Crippen LogP contribution is -2.01. The Bertz CT molecular complexity index is 330. The molecule has 0 amide bonds. The first-order chi connectivity index (χ1) is 6.66. The van der Waals surface area contributed by atoms with Crippen molar-refractivity contribution in [3.63, 3.8) is 0 Å². The molecule has 0 radical (unpaired) electrons. The third kappa shape index (κ3) is 1.83. The van der Waals surface area contributed by atoms with Crippen molar-refractivity contribution in [1.82, 2.24) is 0 Å². The molecule has 2 unspecified atom stereocenters. The molecule has 1 heteroatoms. The average molecular weight is 190 g/mol. The lowest BCUT2D eigenvalue weighted by atomic mass is 9.92. The van der Waals surface area contributed by atoms with Crippen LogP contribution in [0, 0.1) is 13.8 Å².